The van der Waals surface area contributed by atoms with Gasteiger partial charge in [0.25, 0.3) is 0 Å². The third-order valence-corrected chi connectivity index (χ3v) is 3.42. The minimum Gasteiger partial charge on any atom is -0.355 e. The van der Waals surface area contributed by atoms with E-state index >= 15 is 0 Å². The molecule has 1 N–H and O–H groups in total. The standard InChI is InChI=1S/C14H15NOS/c16-14(11-12-5-2-1-3-6-12)15-9-8-13-7-4-10-17-13/h1-7,10H,8-9,11H2,(H,15,16). The van der Waals surface area contributed by atoms with Crippen molar-refractivity contribution in [2.75, 3.05) is 6.54 Å². The molecule has 1 amide bonds. The van der Waals surface area contributed by atoms with Gasteiger partial charge >= 0.3 is 0 Å². The van der Waals surface area contributed by atoms with E-state index < -0.39 is 0 Å². The number of benzene rings is 1. The summed E-state index contributed by atoms with van der Waals surface area (Å²) in [7, 11) is 0. The Morgan fingerprint density at radius 3 is 2.65 bits per heavy atom. The second-order valence-corrected chi connectivity index (χ2v) is 4.87. The molecule has 1 heterocycles. The van der Waals surface area contributed by atoms with Crippen LogP contribution in [0.2, 0.25) is 0 Å². The Balaban J connectivity index is 1.71. The molecule has 0 radical (unpaired) electrons. The molecule has 0 saturated heterocycles. The molecular weight excluding hydrogens is 230 g/mol. The molecule has 0 bridgehead atoms. The van der Waals surface area contributed by atoms with Crippen molar-refractivity contribution in [3.8, 4) is 0 Å². The lowest BCUT2D eigenvalue weighted by Crippen LogP contribution is -2.27. The summed E-state index contributed by atoms with van der Waals surface area (Å²) in [5, 5.41) is 4.99. The van der Waals surface area contributed by atoms with Crippen LogP contribution in [0, 0.1) is 0 Å². The molecule has 2 aromatic rings. The van der Waals surface area contributed by atoms with Crippen LogP contribution in [0.15, 0.2) is 47.8 Å². The summed E-state index contributed by atoms with van der Waals surface area (Å²) >= 11 is 1.73. The normalized spacial score (nSPS) is 10.1. The van der Waals surface area contributed by atoms with Gasteiger partial charge in [-0.05, 0) is 23.4 Å². The van der Waals surface area contributed by atoms with Crippen LogP contribution in [0.25, 0.3) is 0 Å². The van der Waals surface area contributed by atoms with Gasteiger partial charge in [0.05, 0.1) is 6.42 Å². The largest absolute Gasteiger partial charge is 0.355 e. The maximum absolute atomic E-state index is 11.6. The minimum atomic E-state index is 0.0905. The van der Waals surface area contributed by atoms with E-state index in [9.17, 15) is 4.79 Å². The first-order valence-corrected chi connectivity index (χ1v) is 6.55. The molecule has 0 aliphatic carbocycles. The van der Waals surface area contributed by atoms with Crippen LogP contribution >= 0.6 is 11.3 Å². The molecule has 2 nitrogen and oxygen atoms in total. The third kappa shape index (κ3) is 4.04. The maximum atomic E-state index is 11.6. The van der Waals surface area contributed by atoms with Gasteiger partial charge in [-0.2, -0.15) is 0 Å². The highest BCUT2D eigenvalue weighted by atomic mass is 32.1. The number of amides is 1. The van der Waals surface area contributed by atoms with E-state index in [-0.39, 0.29) is 5.91 Å². The Bertz CT molecular complexity index is 450. The van der Waals surface area contributed by atoms with Crippen LogP contribution in [0.4, 0.5) is 0 Å². The van der Waals surface area contributed by atoms with Crippen molar-refractivity contribution in [2.24, 2.45) is 0 Å². The monoisotopic (exact) mass is 245 g/mol. The molecule has 1 aromatic heterocycles. The summed E-state index contributed by atoms with van der Waals surface area (Å²) in [6, 6.07) is 13.9. The van der Waals surface area contributed by atoms with Gasteiger partial charge in [-0.15, -0.1) is 11.3 Å². The average Bonchev–Trinajstić information content (AvgIpc) is 2.83. The zero-order chi connectivity index (χ0) is 11.9. The van der Waals surface area contributed by atoms with Crippen LogP contribution < -0.4 is 5.32 Å². The Hall–Kier alpha value is -1.61. The molecule has 0 spiro atoms. The van der Waals surface area contributed by atoms with Crippen molar-refractivity contribution in [1.29, 1.82) is 0 Å². The summed E-state index contributed by atoms with van der Waals surface area (Å²) in [5.41, 5.74) is 1.06. The van der Waals surface area contributed by atoms with E-state index in [1.807, 2.05) is 36.4 Å². The zero-order valence-corrected chi connectivity index (χ0v) is 10.4. The predicted molar refractivity (Wildman–Crippen MR) is 71.2 cm³/mol. The van der Waals surface area contributed by atoms with E-state index in [1.54, 1.807) is 11.3 Å². The second-order valence-electron chi connectivity index (χ2n) is 3.84. The first-order chi connectivity index (χ1) is 8.34. The van der Waals surface area contributed by atoms with Crippen LogP contribution in [0.3, 0.4) is 0 Å². The van der Waals surface area contributed by atoms with Gasteiger partial charge in [0.2, 0.25) is 5.91 Å². The van der Waals surface area contributed by atoms with Crippen molar-refractivity contribution in [1.82, 2.24) is 5.32 Å². The Labute approximate surface area is 105 Å². The fraction of sp³-hybridized carbons (Fsp3) is 0.214. The first kappa shape index (κ1) is 11.9. The maximum Gasteiger partial charge on any atom is 0.224 e. The van der Waals surface area contributed by atoms with Gasteiger partial charge in [0, 0.05) is 11.4 Å². The van der Waals surface area contributed by atoms with Crippen LogP contribution in [-0.4, -0.2) is 12.5 Å². The zero-order valence-electron chi connectivity index (χ0n) is 9.56. The predicted octanol–water partition coefficient (Wildman–Crippen LogP) is 2.65. The van der Waals surface area contributed by atoms with Crippen molar-refractivity contribution in [3.05, 3.63) is 58.3 Å². The SMILES string of the molecule is O=C(Cc1ccccc1)NCCc1cccs1. The summed E-state index contributed by atoms with van der Waals surface area (Å²) < 4.78 is 0. The molecule has 17 heavy (non-hydrogen) atoms. The fourth-order valence-corrected chi connectivity index (χ4v) is 2.33. The van der Waals surface area contributed by atoms with Gasteiger partial charge in [-0.3, -0.25) is 4.79 Å². The molecule has 3 heteroatoms. The summed E-state index contributed by atoms with van der Waals surface area (Å²) in [5.74, 6) is 0.0905. The molecule has 88 valence electrons. The number of rotatable bonds is 5. The molecule has 0 unspecified atom stereocenters. The molecule has 0 fully saturated rings. The minimum absolute atomic E-state index is 0.0905. The van der Waals surface area contributed by atoms with E-state index in [0.717, 1.165) is 12.0 Å². The quantitative estimate of drug-likeness (QED) is 0.862. The lowest BCUT2D eigenvalue weighted by atomic mass is 10.1. The highest BCUT2D eigenvalue weighted by Gasteiger charge is 2.02. The van der Waals surface area contributed by atoms with E-state index in [2.05, 4.69) is 16.8 Å². The summed E-state index contributed by atoms with van der Waals surface area (Å²) in [4.78, 5) is 12.9. The van der Waals surface area contributed by atoms with E-state index in [1.165, 1.54) is 4.88 Å². The van der Waals surface area contributed by atoms with E-state index in [4.69, 9.17) is 0 Å². The smallest absolute Gasteiger partial charge is 0.224 e. The molecule has 0 aliphatic heterocycles. The fourth-order valence-electron chi connectivity index (χ4n) is 1.62. The number of thiophene rings is 1. The number of carbonyl (C=O) groups excluding carboxylic acids is 1. The molecule has 0 aliphatic rings. The molecular formula is C14H15NOS. The highest BCUT2D eigenvalue weighted by Crippen LogP contribution is 2.08. The van der Waals surface area contributed by atoms with Crippen LogP contribution in [0.5, 0.6) is 0 Å². The third-order valence-electron chi connectivity index (χ3n) is 2.48. The summed E-state index contributed by atoms with van der Waals surface area (Å²) in [6.45, 7) is 0.714. The summed E-state index contributed by atoms with van der Waals surface area (Å²) in [6.07, 6.45) is 1.38. The molecule has 2 rings (SSSR count). The van der Waals surface area contributed by atoms with Crippen LogP contribution in [-0.2, 0) is 17.6 Å². The van der Waals surface area contributed by atoms with Gasteiger partial charge in [-0.1, -0.05) is 36.4 Å². The van der Waals surface area contributed by atoms with Gasteiger partial charge in [0.1, 0.15) is 0 Å². The van der Waals surface area contributed by atoms with Gasteiger partial charge < -0.3 is 5.32 Å². The number of hydrogen-bond acceptors (Lipinski definition) is 2. The van der Waals surface area contributed by atoms with Crippen molar-refractivity contribution in [3.63, 3.8) is 0 Å². The second kappa shape index (κ2) is 6.21. The lowest BCUT2D eigenvalue weighted by molar-refractivity contribution is -0.120. The molecule has 1 aromatic carbocycles. The Morgan fingerprint density at radius 2 is 1.94 bits per heavy atom. The van der Waals surface area contributed by atoms with Gasteiger partial charge in [0.15, 0.2) is 0 Å². The number of carbonyl (C=O) groups is 1. The van der Waals surface area contributed by atoms with Crippen molar-refractivity contribution < 1.29 is 4.79 Å². The van der Waals surface area contributed by atoms with Gasteiger partial charge in [-0.25, -0.2) is 0 Å². The van der Waals surface area contributed by atoms with E-state index in [0.29, 0.717) is 13.0 Å². The number of hydrogen-bond donors (Lipinski definition) is 1. The molecule has 0 atom stereocenters. The lowest BCUT2D eigenvalue weighted by Gasteiger charge is -2.04. The highest BCUT2D eigenvalue weighted by molar-refractivity contribution is 7.09. The average molecular weight is 245 g/mol. The van der Waals surface area contributed by atoms with Crippen molar-refractivity contribution in [2.45, 2.75) is 12.8 Å². The van der Waals surface area contributed by atoms with Crippen molar-refractivity contribution >= 4 is 17.2 Å². The number of nitrogens with one attached hydrogen (secondary N) is 1. The van der Waals surface area contributed by atoms with Crippen LogP contribution in [0.1, 0.15) is 10.4 Å². The first-order valence-electron chi connectivity index (χ1n) is 5.67. The Morgan fingerprint density at radius 1 is 1.12 bits per heavy atom. The topological polar surface area (TPSA) is 29.1 Å². The molecule has 0 saturated carbocycles. The Kier molecular flexibility index (Phi) is 4.33.